The van der Waals surface area contributed by atoms with Gasteiger partial charge in [-0.15, -0.1) is 0 Å². The van der Waals surface area contributed by atoms with Gasteiger partial charge in [-0.05, 0) is 25.0 Å². The largest absolute Gasteiger partial charge is 0.493 e. The number of carboxylic acid groups (broad SMARTS) is 1. The van der Waals surface area contributed by atoms with Gasteiger partial charge in [0.2, 0.25) is 5.91 Å². The summed E-state index contributed by atoms with van der Waals surface area (Å²) < 4.78 is 10.6. The number of carboxylic acids is 1. The van der Waals surface area contributed by atoms with Crippen LogP contribution in [0.25, 0.3) is 0 Å². The molecule has 0 saturated carbocycles. The van der Waals surface area contributed by atoms with Crippen LogP contribution < -0.4 is 14.8 Å². The molecular weight excluding hydrogens is 346 g/mol. The number of hydrogen-bond donors (Lipinski definition) is 2. The number of para-hydroxylation sites is 1. The number of aryl methyl sites for hydroxylation is 1. The first kappa shape index (κ1) is 20.3. The second-order valence-corrected chi connectivity index (χ2v) is 6.38. The molecule has 6 heteroatoms. The average molecular weight is 371 g/mol. The van der Waals surface area contributed by atoms with E-state index < -0.39 is 12.0 Å². The first-order valence-electron chi connectivity index (χ1n) is 8.69. The van der Waals surface area contributed by atoms with Crippen LogP contribution in [0.1, 0.15) is 23.1 Å². The molecule has 0 aliphatic carbocycles. The van der Waals surface area contributed by atoms with E-state index in [9.17, 15) is 14.7 Å². The SMILES string of the molecule is COc1cccc(CC(=O)NC(CC(=O)O)Cc2cccc(C)c2)c1OC. The third-order valence-electron chi connectivity index (χ3n) is 4.19. The van der Waals surface area contributed by atoms with Crippen LogP contribution in [0, 0.1) is 6.92 Å². The van der Waals surface area contributed by atoms with Crippen LogP contribution in [-0.2, 0) is 22.4 Å². The van der Waals surface area contributed by atoms with E-state index in [1.54, 1.807) is 18.2 Å². The number of aliphatic carboxylic acids is 1. The highest BCUT2D eigenvalue weighted by molar-refractivity contribution is 5.80. The Morgan fingerprint density at radius 1 is 1.11 bits per heavy atom. The van der Waals surface area contributed by atoms with Crippen LogP contribution in [0.2, 0.25) is 0 Å². The summed E-state index contributed by atoms with van der Waals surface area (Å²) in [6.45, 7) is 1.98. The van der Waals surface area contributed by atoms with Gasteiger partial charge in [0.1, 0.15) is 0 Å². The van der Waals surface area contributed by atoms with E-state index in [1.807, 2.05) is 31.2 Å². The molecule has 0 aliphatic heterocycles. The lowest BCUT2D eigenvalue weighted by atomic mass is 10.0. The molecule has 6 nitrogen and oxygen atoms in total. The number of rotatable bonds is 9. The Bertz CT molecular complexity index is 803. The predicted molar refractivity (Wildman–Crippen MR) is 102 cm³/mol. The van der Waals surface area contributed by atoms with Gasteiger partial charge in [0, 0.05) is 11.6 Å². The molecule has 144 valence electrons. The minimum Gasteiger partial charge on any atom is -0.493 e. The Kier molecular flexibility index (Phi) is 7.23. The van der Waals surface area contributed by atoms with E-state index in [-0.39, 0.29) is 18.7 Å². The summed E-state index contributed by atoms with van der Waals surface area (Å²) in [6.07, 6.45) is 0.383. The van der Waals surface area contributed by atoms with Crippen LogP contribution in [-0.4, -0.2) is 37.2 Å². The highest BCUT2D eigenvalue weighted by Crippen LogP contribution is 2.30. The number of benzene rings is 2. The van der Waals surface area contributed by atoms with Crippen molar-refractivity contribution in [2.45, 2.75) is 32.2 Å². The summed E-state index contributed by atoms with van der Waals surface area (Å²) in [6, 6.07) is 12.7. The molecule has 0 heterocycles. The van der Waals surface area contributed by atoms with Gasteiger partial charge in [-0.2, -0.15) is 0 Å². The number of hydrogen-bond acceptors (Lipinski definition) is 4. The maximum absolute atomic E-state index is 12.5. The average Bonchev–Trinajstić information content (AvgIpc) is 2.60. The lowest BCUT2D eigenvalue weighted by molar-refractivity contribution is -0.137. The van der Waals surface area contributed by atoms with Crippen molar-refractivity contribution in [1.29, 1.82) is 0 Å². The maximum Gasteiger partial charge on any atom is 0.305 e. The third kappa shape index (κ3) is 6.02. The first-order valence-corrected chi connectivity index (χ1v) is 8.69. The molecule has 27 heavy (non-hydrogen) atoms. The van der Waals surface area contributed by atoms with Crippen molar-refractivity contribution in [3.8, 4) is 11.5 Å². The Morgan fingerprint density at radius 3 is 2.48 bits per heavy atom. The lowest BCUT2D eigenvalue weighted by Gasteiger charge is -2.18. The first-order chi connectivity index (χ1) is 12.9. The van der Waals surface area contributed by atoms with Crippen molar-refractivity contribution >= 4 is 11.9 Å². The fourth-order valence-electron chi connectivity index (χ4n) is 3.05. The number of nitrogens with one attached hydrogen (secondary N) is 1. The Morgan fingerprint density at radius 2 is 1.85 bits per heavy atom. The van der Waals surface area contributed by atoms with Gasteiger partial charge in [0.25, 0.3) is 0 Å². The molecule has 0 spiro atoms. The zero-order valence-corrected chi connectivity index (χ0v) is 15.8. The monoisotopic (exact) mass is 371 g/mol. The smallest absolute Gasteiger partial charge is 0.305 e. The molecule has 0 aliphatic rings. The van der Waals surface area contributed by atoms with E-state index in [0.29, 0.717) is 23.5 Å². The fraction of sp³-hybridized carbons (Fsp3) is 0.333. The zero-order chi connectivity index (χ0) is 19.8. The van der Waals surface area contributed by atoms with E-state index in [1.165, 1.54) is 14.2 Å². The molecule has 1 atom stereocenters. The van der Waals surface area contributed by atoms with Crippen LogP contribution in [0.4, 0.5) is 0 Å². The van der Waals surface area contributed by atoms with Crippen molar-refractivity contribution < 1.29 is 24.2 Å². The summed E-state index contributed by atoms with van der Waals surface area (Å²) in [5, 5.41) is 12.0. The van der Waals surface area contributed by atoms with Crippen LogP contribution in [0.5, 0.6) is 11.5 Å². The summed E-state index contributed by atoms with van der Waals surface area (Å²) in [5.41, 5.74) is 2.76. The molecule has 0 radical (unpaired) electrons. The zero-order valence-electron chi connectivity index (χ0n) is 15.8. The van der Waals surface area contributed by atoms with E-state index in [0.717, 1.165) is 11.1 Å². The predicted octanol–water partition coefficient (Wildman–Crippen LogP) is 2.76. The topological polar surface area (TPSA) is 84.9 Å². The third-order valence-corrected chi connectivity index (χ3v) is 4.19. The minimum atomic E-state index is -0.952. The van der Waals surface area contributed by atoms with Crippen molar-refractivity contribution in [2.75, 3.05) is 14.2 Å². The Balaban J connectivity index is 2.11. The molecule has 2 rings (SSSR count). The molecule has 1 unspecified atom stereocenters. The summed E-state index contributed by atoms with van der Waals surface area (Å²) >= 11 is 0. The highest BCUT2D eigenvalue weighted by Gasteiger charge is 2.19. The number of carbonyl (C=O) groups excluding carboxylic acids is 1. The minimum absolute atomic E-state index is 0.0737. The van der Waals surface area contributed by atoms with Crippen LogP contribution >= 0.6 is 0 Å². The molecular formula is C21H25NO5. The Labute approximate surface area is 159 Å². The molecule has 2 N–H and O–H groups in total. The maximum atomic E-state index is 12.5. The van der Waals surface area contributed by atoms with Crippen LogP contribution in [0.15, 0.2) is 42.5 Å². The van der Waals surface area contributed by atoms with Crippen molar-refractivity contribution in [3.05, 3.63) is 59.2 Å². The summed E-state index contributed by atoms with van der Waals surface area (Å²) in [4.78, 5) is 23.7. The molecule has 2 aromatic carbocycles. The Hall–Kier alpha value is -3.02. The second-order valence-electron chi connectivity index (χ2n) is 6.38. The molecule has 2 aromatic rings. The normalized spacial score (nSPS) is 11.5. The van der Waals surface area contributed by atoms with Gasteiger partial charge >= 0.3 is 5.97 Å². The molecule has 1 amide bonds. The lowest BCUT2D eigenvalue weighted by Crippen LogP contribution is -2.39. The van der Waals surface area contributed by atoms with Crippen LogP contribution in [0.3, 0.4) is 0 Å². The number of carbonyl (C=O) groups is 2. The van der Waals surface area contributed by atoms with E-state index >= 15 is 0 Å². The van der Waals surface area contributed by atoms with Gasteiger partial charge in [-0.1, -0.05) is 42.0 Å². The number of amides is 1. The van der Waals surface area contributed by atoms with E-state index in [2.05, 4.69) is 5.32 Å². The van der Waals surface area contributed by atoms with Gasteiger partial charge in [0.05, 0.1) is 27.1 Å². The van der Waals surface area contributed by atoms with Gasteiger partial charge in [-0.3, -0.25) is 9.59 Å². The van der Waals surface area contributed by atoms with Crippen molar-refractivity contribution in [1.82, 2.24) is 5.32 Å². The quantitative estimate of drug-likeness (QED) is 0.708. The fourth-order valence-corrected chi connectivity index (χ4v) is 3.05. The number of methoxy groups -OCH3 is 2. The molecule has 0 saturated heterocycles. The highest BCUT2D eigenvalue weighted by atomic mass is 16.5. The van der Waals surface area contributed by atoms with E-state index in [4.69, 9.17) is 9.47 Å². The van der Waals surface area contributed by atoms with Gasteiger partial charge in [-0.25, -0.2) is 0 Å². The molecule has 0 fully saturated rings. The molecule has 0 bridgehead atoms. The van der Waals surface area contributed by atoms with Gasteiger partial charge < -0.3 is 19.9 Å². The van der Waals surface area contributed by atoms with Crippen molar-refractivity contribution in [2.24, 2.45) is 0 Å². The number of ether oxygens (including phenoxy) is 2. The summed E-state index contributed by atoms with van der Waals surface area (Å²) in [5.74, 6) is -0.166. The van der Waals surface area contributed by atoms with Crippen molar-refractivity contribution in [3.63, 3.8) is 0 Å². The summed E-state index contributed by atoms with van der Waals surface area (Å²) in [7, 11) is 3.05. The second kappa shape index (κ2) is 9.62. The standard InChI is InChI=1S/C21H25NO5/c1-14-6-4-7-15(10-14)11-17(13-20(24)25)22-19(23)12-16-8-5-9-18(26-2)21(16)27-3/h4-10,17H,11-13H2,1-3H3,(H,22,23)(H,24,25). The van der Waals surface area contributed by atoms with Gasteiger partial charge in [0.15, 0.2) is 11.5 Å². The molecule has 0 aromatic heterocycles.